The van der Waals surface area contributed by atoms with Gasteiger partial charge in [-0.2, -0.15) is 0 Å². The van der Waals surface area contributed by atoms with Crippen LogP contribution in [-0.4, -0.2) is 35.5 Å². The summed E-state index contributed by atoms with van der Waals surface area (Å²) >= 11 is 5.97. The van der Waals surface area contributed by atoms with E-state index in [1.165, 1.54) is 19.3 Å². The number of hydrogen-bond donors (Lipinski definition) is 2. The molecule has 3 rings (SSSR count). The first kappa shape index (κ1) is 18.1. The Balaban J connectivity index is 1.53. The summed E-state index contributed by atoms with van der Waals surface area (Å²) in [5, 5.41) is 6.70. The zero-order valence-corrected chi connectivity index (χ0v) is 15.2. The second-order valence-corrected chi connectivity index (χ2v) is 7.42. The fourth-order valence-electron chi connectivity index (χ4n) is 3.75. The first-order valence-corrected chi connectivity index (χ1v) is 9.60. The van der Waals surface area contributed by atoms with Gasteiger partial charge in [-0.3, -0.25) is 4.79 Å². The van der Waals surface area contributed by atoms with Gasteiger partial charge in [0.2, 0.25) is 5.91 Å². The minimum absolute atomic E-state index is 0.00213. The number of carbonyl (C=O) groups is 2. The maximum absolute atomic E-state index is 12.6. The largest absolute Gasteiger partial charge is 0.352 e. The van der Waals surface area contributed by atoms with Gasteiger partial charge >= 0.3 is 6.03 Å². The van der Waals surface area contributed by atoms with Crippen LogP contribution in [0, 0.1) is 0 Å². The summed E-state index contributed by atoms with van der Waals surface area (Å²) in [7, 11) is 0. The highest BCUT2D eigenvalue weighted by atomic mass is 35.5. The summed E-state index contributed by atoms with van der Waals surface area (Å²) in [5.41, 5.74) is 0.947. The van der Waals surface area contributed by atoms with Crippen molar-refractivity contribution in [1.82, 2.24) is 15.5 Å². The van der Waals surface area contributed by atoms with E-state index in [9.17, 15) is 9.59 Å². The molecule has 3 amide bonds. The van der Waals surface area contributed by atoms with Crippen LogP contribution in [0.25, 0.3) is 0 Å². The Morgan fingerprint density at radius 2 is 1.92 bits per heavy atom. The number of hydrogen-bond acceptors (Lipinski definition) is 2. The molecule has 1 aliphatic carbocycles. The maximum Gasteiger partial charge on any atom is 0.318 e. The molecule has 136 valence electrons. The van der Waals surface area contributed by atoms with Crippen molar-refractivity contribution in [3.05, 3.63) is 34.9 Å². The van der Waals surface area contributed by atoms with Crippen LogP contribution in [-0.2, 0) is 11.3 Å². The highest BCUT2D eigenvalue weighted by Crippen LogP contribution is 2.21. The van der Waals surface area contributed by atoms with Crippen molar-refractivity contribution < 1.29 is 9.59 Å². The van der Waals surface area contributed by atoms with Crippen molar-refractivity contribution in [3.8, 4) is 0 Å². The van der Waals surface area contributed by atoms with Gasteiger partial charge in [0.1, 0.15) is 6.04 Å². The van der Waals surface area contributed by atoms with Crippen LogP contribution in [0.3, 0.4) is 0 Å². The van der Waals surface area contributed by atoms with Crippen molar-refractivity contribution in [3.63, 3.8) is 0 Å². The molecule has 2 N–H and O–H groups in total. The third-order valence-electron chi connectivity index (χ3n) is 5.10. The van der Waals surface area contributed by atoms with Crippen molar-refractivity contribution in [1.29, 1.82) is 0 Å². The van der Waals surface area contributed by atoms with Gasteiger partial charge in [0.15, 0.2) is 0 Å². The molecular weight excluding hydrogens is 338 g/mol. The molecule has 1 aromatic rings. The monoisotopic (exact) mass is 363 g/mol. The second kappa shape index (κ2) is 8.56. The lowest BCUT2D eigenvalue weighted by Crippen LogP contribution is -2.51. The first-order chi connectivity index (χ1) is 12.1. The number of likely N-dealkylation sites (tertiary alicyclic amines) is 1. The molecule has 1 saturated heterocycles. The highest BCUT2D eigenvalue weighted by molar-refractivity contribution is 6.30. The number of amides is 3. The predicted molar refractivity (Wildman–Crippen MR) is 98.4 cm³/mol. The number of urea groups is 1. The smallest absolute Gasteiger partial charge is 0.318 e. The molecule has 2 fully saturated rings. The van der Waals surface area contributed by atoms with E-state index < -0.39 is 0 Å². The topological polar surface area (TPSA) is 61.4 Å². The van der Waals surface area contributed by atoms with Gasteiger partial charge in [-0.05, 0) is 43.4 Å². The Bertz CT molecular complexity index is 616. The van der Waals surface area contributed by atoms with Crippen LogP contribution in [0.1, 0.15) is 50.5 Å². The molecule has 0 spiro atoms. The van der Waals surface area contributed by atoms with E-state index in [-0.39, 0.29) is 24.0 Å². The van der Waals surface area contributed by atoms with Crippen LogP contribution in [0.4, 0.5) is 4.79 Å². The molecule has 0 aromatic heterocycles. The van der Waals surface area contributed by atoms with Crippen molar-refractivity contribution in [2.45, 2.75) is 63.6 Å². The summed E-state index contributed by atoms with van der Waals surface area (Å²) < 4.78 is 0. The molecule has 0 unspecified atom stereocenters. The Kier molecular flexibility index (Phi) is 6.19. The van der Waals surface area contributed by atoms with Gasteiger partial charge in [0, 0.05) is 24.2 Å². The van der Waals surface area contributed by atoms with Crippen LogP contribution < -0.4 is 10.6 Å². The van der Waals surface area contributed by atoms with Gasteiger partial charge in [0.05, 0.1) is 0 Å². The standard InChI is InChI=1S/C19H26ClN3O2/c20-15-7-4-6-14(12-15)13-21-19(25)23-11-5-10-17(23)18(24)22-16-8-2-1-3-9-16/h4,6-7,12,16-17H,1-3,5,8-11,13H2,(H,21,25)(H,22,24)/t17-/m0/s1. The molecule has 1 atom stereocenters. The van der Waals surface area contributed by atoms with Gasteiger partial charge in [0.25, 0.3) is 0 Å². The molecule has 6 heteroatoms. The SMILES string of the molecule is O=C(NC1CCCCC1)[C@@H]1CCCN1C(=O)NCc1cccc(Cl)c1. The minimum Gasteiger partial charge on any atom is -0.352 e. The molecule has 1 aromatic carbocycles. The average Bonchev–Trinajstić information content (AvgIpc) is 3.11. The van der Waals surface area contributed by atoms with E-state index in [0.29, 0.717) is 18.1 Å². The van der Waals surface area contributed by atoms with Crippen molar-refractivity contribution in [2.75, 3.05) is 6.54 Å². The normalized spacial score (nSPS) is 21.2. The Labute approximate surface area is 154 Å². The van der Waals surface area contributed by atoms with Gasteiger partial charge < -0.3 is 15.5 Å². The van der Waals surface area contributed by atoms with Crippen LogP contribution >= 0.6 is 11.6 Å². The highest BCUT2D eigenvalue weighted by Gasteiger charge is 2.34. The molecule has 25 heavy (non-hydrogen) atoms. The third kappa shape index (κ3) is 4.88. The predicted octanol–water partition coefficient (Wildman–Crippen LogP) is 3.46. The first-order valence-electron chi connectivity index (χ1n) is 9.23. The Hall–Kier alpha value is -1.75. The zero-order chi connectivity index (χ0) is 17.6. The van der Waals surface area contributed by atoms with E-state index in [1.807, 2.05) is 18.2 Å². The Morgan fingerprint density at radius 1 is 1.12 bits per heavy atom. The number of rotatable bonds is 4. The molecule has 1 saturated carbocycles. The Morgan fingerprint density at radius 3 is 2.68 bits per heavy atom. The molecule has 1 aliphatic heterocycles. The lowest BCUT2D eigenvalue weighted by Gasteiger charge is -2.28. The fourth-order valence-corrected chi connectivity index (χ4v) is 3.97. The van der Waals surface area contributed by atoms with Crippen LogP contribution in [0.15, 0.2) is 24.3 Å². The molecule has 0 bridgehead atoms. The third-order valence-corrected chi connectivity index (χ3v) is 5.34. The van der Waals surface area contributed by atoms with Gasteiger partial charge in [-0.1, -0.05) is 43.0 Å². The number of halogens is 1. The lowest BCUT2D eigenvalue weighted by atomic mass is 9.95. The lowest BCUT2D eigenvalue weighted by molar-refractivity contribution is -0.125. The van der Waals surface area contributed by atoms with Gasteiger partial charge in [-0.15, -0.1) is 0 Å². The minimum atomic E-state index is -0.346. The summed E-state index contributed by atoms with van der Waals surface area (Å²) in [5.74, 6) is 0.00213. The molecule has 2 aliphatic rings. The van der Waals surface area contributed by atoms with Crippen molar-refractivity contribution in [2.24, 2.45) is 0 Å². The number of benzene rings is 1. The maximum atomic E-state index is 12.6. The molecule has 5 nitrogen and oxygen atoms in total. The molecule has 0 radical (unpaired) electrons. The van der Waals surface area contributed by atoms with Crippen molar-refractivity contribution >= 4 is 23.5 Å². The number of nitrogens with zero attached hydrogens (tertiary/aromatic N) is 1. The average molecular weight is 364 g/mol. The second-order valence-electron chi connectivity index (χ2n) is 6.98. The zero-order valence-electron chi connectivity index (χ0n) is 14.5. The molecule has 1 heterocycles. The fraction of sp³-hybridized carbons (Fsp3) is 0.579. The van der Waals surface area contributed by atoms with Gasteiger partial charge in [-0.25, -0.2) is 4.79 Å². The quantitative estimate of drug-likeness (QED) is 0.860. The van der Waals surface area contributed by atoms with E-state index in [0.717, 1.165) is 31.2 Å². The van der Waals surface area contributed by atoms with E-state index in [1.54, 1.807) is 11.0 Å². The summed E-state index contributed by atoms with van der Waals surface area (Å²) in [6.07, 6.45) is 7.34. The van der Waals surface area contributed by atoms with Crippen LogP contribution in [0.2, 0.25) is 5.02 Å². The summed E-state index contributed by atoms with van der Waals surface area (Å²) in [6, 6.07) is 7.17. The summed E-state index contributed by atoms with van der Waals surface area (Å²) in [4.78, 5) is 26.8. The number of nitrogens with one attached hydrogen (secondary N) is 2. The summed E-state index contributed by atoms with van der Waals surface area (Å²) in [6.45, 7) is 1.04. The van der Waals surface area contributed by atoms with E-state index in [2.05, 4.69) is 10.6 Å². The molecular formula is C19H26ClN3O2. The van der Waals surface area contributed by atoms with Crippen LogP contribution in [0.5, 0.6) is 0 Å². The van der Waals surface area contributed by atoms with E-state index in [4.69, 9.17) is 11.6 Å². The van der Waals surface area contributed by atoms with E-state index >= 15 is 0 Å². The number of carbonyl (C=O) groups excluding carboxylic acids is 2.